The Morgan fingerprint density at radius 3 is 2.15 bits per heavy atom. The molecule has 1 fully saturated rings. The van der Waals surface area contributed by atoms with Gasteiger partial charge in [-0.05, 0) is 29.3 Å². The van der Waals surface area contributed by atoms with Crippen LogP contribution in [0.5, 0.6) is 0 Å². The van der Waals surface area contributed by atoms with Crippen LogP contribution in [0.25, 0.3) is 0 Å². The molecular formula is C32H38N2O6. The van der Waals surface area contributed by atoms with Gasteiger partial charge >= 0.3 is 5.97 Å². The predicted molar refractivity (Wildman–Crippen MR) is 151 cm³/mol. The highest BCUT2D eigenvalue weighted by Gasteiger charge is 2.38. The van der Waals surface area contributed by atoms with Crippen molar-refractivity contribution in [1.29, 1.82) is 0 Å². The Kier molecular flexibility index (Phi) is 10.4. The standard InChI is InChI=1S/C32H38N2O6/c1-22-28(20-34(2)19-24-6-4-3-5-7-24)39-32(40-31(22)26-12-10-25(21-35)11-13-26)27-14-8-23(9-15-27)18-33-29(36)16-17-30(37)38/h3-15,22,28,31-32,35H,16-21H2,1-2H3,(H,33,36)(H,37,38)/t22-,28+,31+,32+/m0/s1. The average molecular weight is 547 g/mol. The van der Waals surface area contributed by atoms with E-state index in [4.69, 9.17) is 14.6 Å². The number of hydrogen-bond acceptors (Lipinski definition) is 6. The van der Waals surface area contributed by atoms with Gasteiger partial charge in [-0.3, -0.25) is 14.5 Å². The molecular weight excluding hydrogens is 508 g/mol. The van der Waals surface area contributed by atoms with Crippen LogP contribution >= 0.6 is 0 Å². The van der Waals surface area contributed by atoms with Gasteiger partial charge in [0.15, 0.2) is 6.29 Å². The molecule has 1 aliphatic rings. The van der Waals surface area contributed by atoms with Gasteiger partial charge in [0.05, 0.1) is 25.2 Å². The van der Waals surface area contributed by atoms with E-state index < -0.39 is 12.3 Å². The second kappa shape index (κ2) is 14.2. The largest absolute Gasteiger partial charge is 0.481 e. The smallest absolute Gasteiger partial charge is 0.303 e. The highest BCUT2D eigenvalue weighted by Crippen LogP contribution is 2.41. The molecule has 1 aliphatic heterocycles. The lowest BCUT2D eigenvalue weighted by Gasteiger charge is -2.42. The molecule has 0 spiro atoms. The summed E-state index contributed by atoms with van der Waals surface area (Å²) in [7, 11) is 2.10. The maximum atomic E-state index is 11.9. The minimum atomic E-state index is -0.992. The quantitative estimate of drug-likeness (QED) is 0.305. The number of hydrogen-bond donors (Lipinski definition) is 3. The molecule has 212 valence electrons. The van der Waals surface area contributed by atoms with E-state index in [0.29, 0.717) is 6.54 Å². The third-order valence-electron chi connectivity index (χ3n) is 7.22. The van der Waals surface area contributed by atoms with Crippen LogP contribution in [0.4, 0.5) is 0 Å². The number of carbonyl (C=O) groups is 2. The number of carboxylic acids is 1. The van der Waals surface area contributed by atoms with Gasteiger partial charge in [0.2, 0.25) is 5.91 Å². The molecule has 3 aromatic carbocycles. The summed E-state index contributed by atoms with van der Waals surface area (Å²) < 4.78 is 13.1. The molecule has 1 saturated heterocycles. The van der Waals surface area contributed by atoms with Crippen molar-refractivity contribution in [3.05, 3.63) is 107 Å². The number of aliphatic hydroxyl groups is 1. The number of carboxylic acid groups (broad SMARTS) is 1. The summed E-state index contributed by atoms with van der Waals surface area (Å²) in [6, 6.07) is 25.9. The first-order valence-electron chi connectivity index (χ1n) is 13.6. The summed E-state index contributed by atoms with van der Waals surface area (Å²) in [4.78, 5) is 24.8. The molecule has 0 unspecified atom stereocenters. The molecule has 1 heterocycles. The number of aliphatic hydroxyl groups excluding tert-OH is 1. The highest BCUT2D eigenvalue weighted by molar-refractivity contribution is 5.80. The number of rotatable bonds is 12. The first kappa shape index (κ1) is 29.4. The minimum Gasteiger partial charge on any atom is -0.481 e. The Balaban J connectivity index is 1.47. The van der Waals surface area contributed by atoms with Crippen molar-refractivity contribution in [2.45, 2.75) is 58.0 Å². The van der Waals surface area contributed by atoms with Crippen LogP contribution in [-0.2, 0) is 38.8 Å². The number of benzene rings is 3. The molecule has 4 atom stereocenters. The lowest BCUT2D eigenvalue weighted by atomic mass is 9.90. The Morgan fingerprint density at radius 1 is 0.850 bits per heavy atom. The van der Waals surface area contributed by atoms with Crippen LogP contribution in [0, 0.1) is 5.92 Å². The fourth-order valence-electron chi connectivity index (χ4n) is 4.90. The molecule has 1 amide bonds. The zero-order valence-corrected chi connectivity index (χ0v) is 23.0. The molecule has 4 rings (SSSR count). The van der Waals surface area contributed by atoms with Crippen LogP contribution in [0.3, 0.4) is 0 Å². The molecule has 0 radical (unpaired) electrons. The Morgan fingerprint density at radius 2 is 1.50 bits per heavy atom. The maximum absolute atomic E-state index is 11.9. The highest BCUT2D eigenvalue weighted by atomic mass is 16.7. The van der Waals surface area contributed by atoms with Gasteiger partial charge < -0.3 is 25.0 Å². The van der Waals surface area contributed by atoms with Crippen LogP contribution in [0.2, 0.25) is 0 Å². The average Bonchev–Trinajstić information content (AvgIpc) is 2.97. The van der Waals surface area contributed by atoms with Crippen molar-refractivity contribution in [3.8, 4) is 0 Å². The Hall–Kier alpha value is -3.56. The van der Waals surface area contributed by atoms with Gasteiger partial charge in [0.25, 0.3) is 0 Å². The van der Waals surface area contributed by atoms with Gasteiger partial charge in [-0.1, -0.05) is 85.8 Å². The van der Waals surface area contributed by atoms with Crippen molar-refractivity contribution in [2.24, 2.45) is 5.92 Å². The first-order chi connectivity index (χ1) is 19.3. The molecule has 0 bridgehead atoms. The van der Waals surface area contributed by atoms with Crippen molar-refractivity contribution >= 4 is 11.9 Å². The molecule has 3 aromatic rings. The summed E-state index contributed by atoms with van der Waals surface area (Å²) in [5, 5.41) is 21.0. The molecule has 40 heavy (non-hydrogen) atoms. The normalized spacial score (nSPS) is 20.8. The second-order valence-corrected chi connectivity index (χ2v) is 10.4. The van der Waals surface area contributed by atoms with Crippen LogP contribution in [0.1, 0.15) is 60.0 Å². The third-order valence-corrected chi connectivity index (χ3v) is 7.22. The minimum absolute atomic E-state index is 0.00758. The van der Waals surface area contributed by atoms with E-state index in [-0.39, 0.29) is 43.5 Å². The zero-order valence-electron chi connectivity index (χ0n) is 23.0. The summed E-state index contributed by atoms with van der Waals surface area (Å²) >= 11 is 0. The van der Waals surface area contributed by atoms with E-state index in [1.165, 1.54) is 5.56 Å². The number of aliphatic carboxylic acids is 1. The van der Waals surface area contributed by atoms with E-state index in [0.717, 1.165) is 35.3 Å². The van der Waals surface area contributed by atoms with E-state index in [1.807, 2.05) is 66.7 Å². The predicted octanol–water partition coefficient (Wildman–Crippen LogP) is 4.58. The van der Waals surface area contributed by atoms with E-state index in [2.05, 4.69) is 36.3 Å². The number of nitrogens with zero attached hydrogens (tertiary/aromatic N) is 1. The number of likely N-dealkylation sites (N-methyl/N-ethyl adjacent to an activating group) is 1. The van der Waals surface area contributed by atoms with Crippen molar-refractivity contribution < 1.29 is 29.3 Å². The lowest BCUT2D eigenvalue weighted by Crippen LogP contribution is -2.43. The van der Waals surface area contributed by atoms with Gasteiger partial charge in [-0.25, -0.2) is 0 Å². The van der Waals surface area contributed by atoms with Gasteiger partial charge in [-0.15, -0.1) is 0 Å². The van der Waals surface area contributed by atoms with Crippen molar-refractivity contribution in [1.82, 2.24) is 10.2 Å². The lowest BCUT2D eigenvalue weighted by molar-refractivity contribution is -0.276. The molecule has 0 saturated carbocycles. The van der Waals surface area contributed by atoms with E-state index in [9.17, 15) is 14.7 Å². The SMILES string of the molecule is C[C@H]1[C@@H](CN(C)Cc2ccccc2)O[C@@H](c2ccc(CNC(=O)CCC(=O)O)cc2)O[C@H]1c1ccc(CO)cc1. The number of nitrogens with one attached hydrogen (secondary N) is 1. The first-order valence-corrected chi connectivity index (χ1v) is 13.6. The van der Waals surface area contributed by atoms with Crippen LogP contribution in [-0.4, -0.2) is 46.7 Å². The Labute approximate surface area is 235 Å². The molecule has 0 aromatic heterocycles. The van der Waals surface area contributed by atoms with Crippen LogP contribution in [0.15, 0.2) is 78.9 Å². The number of amides is 1. The number of carbonyl (C=O) groups excluding carboxylic acids is 1. The van der Waals surface area contributed by atoms with Crippen molar-refractivity contribution in [2.75, 3.05) is 13.6 Å². The van der Waals surface area contributed by atoms with Crippen LogP contribution < -0.4 is 5.32 Å². The summed E-state index contributed by atoms with van der Waals surface area (Å²) in [6.07, 6.45) is -1.10. The summed E-state index contributed by atoms with van der Waals surface area (Å²) in [6.45, 7) is 3.99. The summed E-state index contributed by atoms with van der Waals surface area (Å²) in [5.41, 5.74) is 4.90. The molecule has 8 nitrogen and oxygen atoms in total. The third kappa shape index (κ3) is 8.22. The Bertz CT molecular complexity index is 1230. The monoisotopic (exact) mass is 546 g/mol. The number of ether oxygens (including phenoxy) is 2. The second-order valence-electron chi connectivity index (χ2n) is 10.4. The zero-order chi connectivity index (χ0) is 28.5. The van der Waals surface area contributed by atoms with Gasteiger partial charge in [0.1, 0.15) is 0 Å². The van der Waals surface area contributed by atoms with Crippen molar-refractivity contribution in [3.63, 3.8) is 0 Å². The summed E-state index contributed by atoms with van der Waals surface area (Å²) in [5.74, 6) is -1.21. The fraction of sp³-hybridized carbons (Fsp3) is 0.375. The topological polar surface area (TPSA) is 108 Å². The van der Waals surface area contributed by atoms with Gasteiger partial charge in [0, 0.05) is 37.5 Å². The van der Waals surface area contributed by atoms with Gasteiger partial charge in [-0.2, -0.15) is 0 Å². The molecule has 0 aliphatic carbocycles. The van der Waals surface area contributed by atoms with E-state index in [1.54, 1.807) is 0 Å². The fourth-order valence-corrected chi connectivity index (χ4v) is 4.90. The van der Waals surface area contributed by atoms with E-state index >= 15 is 0 Å². The maximum Gasteiger partial charge on any atom is 0.303 e. The molecule has 8 heteroatoms. The molecule has 3 N–H and O–H groups in total.